The lowest BCUT2D eigenvalue weighted by atomic mass is 10.1. The van der Waals surface area contributed by atoms with Gasteiger partial charge in [0.25, 0.3) is 5.91 Å². The molecule has 160 valence electrons. The summed E-state index contributed by atoms with van der Waals surface area (Å²) >= 11 is 12.8. The van der Waals surface area contributed by atoms with Crippen LogP contribution in [0.2, 0.25) is 5.02 Å². The number of hydrogen-bond acceptors (Lipinski definition) is 4. The smallest absolute Gasteiger partial charge is 0.322 e. The highest BCUT2D eigenvalue weighted by Gasteiger charge is 2.22. The number of amides is 1. The van der Waals surface area contributed by atoms with Gasteiger partial charge < -0.3 is 20.5 Å². The minimum Gasteiger partial charge on any atom is -0.486 e. The molecule has 30 heavy (non-hydrogen) atoms. The lowest BCUT2D eigenvalue weighted by Crippen LogP contribution is -2.29. The van der Waals surface area contributed by atoms with E-state index in [-0.39, 0.29) is 17.9 Å². The van der Waals surface area contributed by atoms with Gasteiger partial charge in [-0.3, -0.25) is 9.59 Å². The van der Waals surface area contributed by atoms with Gasteiger partial charge in [-0.1, -0.05) is 17.7 Å². The van der Waals surface area contributed by atoms with Crippen LogP contribution < -0.4 is 15.4 Å². The highest BCUT2D eigenvalue weighted by molar-refractivity contribution is 9.11. The van der Waals surface area contributed by atoms with Crippen molar-refractivity contribution in [1.29, 1.82) is 0 Å². The predicted octanol–water partition coefficient (Wildman–Crippen LogP) is 5.22. The number of benzene rings is 2. The summed E-state index contributed by atoms with van der Waals surface area (Å²) in [6.07, 6.45) is 2.28. The van der Waals surface area contributed by atoms with Crippen molar-refractivity contribution in [3.8, 4) is 5.75 Å². The lowest BCUT2D eigenvalue weighted by Gasteiger charge is -2.15. The molecule has 10 heteroatoms. The summed E-state index contributed by atoms with van der Waals surface area (Å²) in [7, 11) is 0. The molecule has 3 N–H and O–H groups in total. The van der Waals surface area contributed by atoms with Crippen molar-refractivity contribution in [1.82, 2.24) is 5.32 Å². The van der Waals surface area contributed by atoms with Gasteiger partial charge >= 0.3 is 5.97 Å². The van der Waals surface area contributed by atoms with Gasteiger partial charge in [-0.25, -0.2) is 4.39 Å². The molecule has 0 aliphatic heterocycles. The molecule has 0 aromatic heterocycles. The van der Waals surface area contributed by atoms with Gasteiger partial charge in [0.1, 0.15) is 18.9 Å². The highest BCUT2D eigenvalue weighted by Crippen LogP contribution is 2.37. The zero-order valence-corrected chi connectivity index (χ0v) is 19.5. The van der Waals surface area contributed by atoms with Gasteiger partial charge in [-0.15, -0.1) is 0 Å². The van der Waals surface area contributed by atoms with Crippen molar-refractivity contribution in [2.75, 3.05) is 18.4 Å². The molecule has 0 saturated heterocycles. The molecule has 1 saturated carbocycles. The third-order valence-corrected chi connectivity index (χ3v) is 5.96. The zero-order valence-electron chi connectivity index (χ0n) is 15.6. The van der Waals surface area contributed by atoms with E-state index >= 15 is 0 Å². The van der Waals surface area contributed by atoms with E-state index in [4.69, 9.17) is 21.4 Å². The molecule has 6 nitrogen and oxygen atoms in total. The van der Waals surface area contributed by atoms with Crippen molar-refractivity contribution < 1.29 is 23.8 Å². The van der Waals surface area contributed by atoms with Gasteiger partial charge in [0, 0.05) is 17.7 Å². The van der Waals surface area contributed by atoms with Crippen molar-refractivity contribution >= 4 is 61.0 Å². The van der Waals surface area contributed by atoms with Crippen LogP contribution in [-0.2, 0) is 11.4 Å². The summed E-state index contributed by atoms with van der Waals surface area (Å²) in [5, 5.41) is 14.3. The molecule has 0 atom stereocenters. The van der Waals surface area contributed by atoms with Crippen molar-refractivity contribution in [3.05, 3.63) is 55.2 Å². The first-order valence-corrected chi connectivity index (χ1v) is 11.0. The molecule has 0 radical (unpaired) electrons. The normalized spacial score (nSPS) is 13.1. The Kier molecular flexibility index (Phi) is 7.60. The first-order valence-electron chi connectivity index (χ1n) is 9.08. The van der Waals surface area contributed by atoms with E-state index in [0.717, 1.165) is 12.8 Å². The number of rotatable bonds is 9. The van der Waals surface area contributed by atoms with Gasteiger partial charge in [0.2, 0.25) is 0 Å². The minimum atomic E-state index is -1.14. The summed E-state index contributed by atoms with van der Waals surface area (Å²) in [6.45, 7) is 0.144. The Labute approximate surface area is 194 Å². The van der Waals surface area contributed by atoms with E-state index in [0.29, 0.717) is 37.7 Å². The quantitative estimate of drug-likeness (QED) is 0.389. The molecule has 1 aliphatic rings. The Hall–Kier alpha value is -1.84. The average Bonchev–Trinajstić information content (AvgIpc) is 3.51. The fourth-order valence-electron chi connectivity index (χ4n) is 2.67. The number of nitrogens with one attached hydrogen (secondary N) is 2. The van der Waals surface area contributed by atoms with Crippen LogP contribution in [0.5, 0.6) is 5.75 Å². The van der Waals surface area contributed by atoms with Gasteiger partial charge in [-0.05, 0) is 68.8 Å². The number of hydrogen-bond donors (Lipinski definition) is 3. The zero-order chi connectivity index (χ0) is 21.8. The standard InChI is InChI=1S/C20H18Br2ClFN2O4/c21-13-5-12(20(29)26-8-16(27)28)6-14(22)19(13)30-9-11-3-4-15(23)18(17(11)24)25-7-10-1-2-10/h3-6,10,25H,1-2,7-9H2,(H,26,29)(H,27,28). The maximum Gasteiger partial charge on any atom is 0.322 e. The molecule has 2 aromatic carbocycles. The largest absolute Gasteiger partial charge is 0.486 e. The third-order valence-electron chi connectivity index (χ3n) is 4.47. The van der Waals surface area contributed by atoms with E-state index in [2.05, 4.69) is 42.5 Å². The molecule has 1 amide bonds. The summed E-state index contributed by atoms with van der Waals surface area (Å²) in [6, 6.07) is 6.18. The second-order valence-corrected chi connectivity index (χ2v) is 8.97. The van der Waals surface area contributed by atoms with Crippen LogP contribution in [0.4, 0.5) is 10.1 Å². The highest BCUT2D eigenvalue weighted by atomic mass is 79.9. The number of carbonyl (C=O) groups is 2. The number of carboxylic acids is 1. The maximum absolute atomic E-state index is 14.9. The maximum atomic E-state index is 14.9. The van der Waals surface area contributed by atoms with Crippen LogP contribution >= 0.6 is 43.5 Å². The van der Waals surface area contributed by atoms with Crippen molar-refractivity contribution in [3.63, 3.8) is 0 Å². The molecule has 0 heterocycles. The predicted molar refractivity (Wildman–Crippen MR) is 119 cm³/mol. The molecule has 2 aromatic rings. The Morgan fingerprint density at radius 3 is 2.50 bits per heavy atom. The summed E-state index contributed by atoms with van der Waals surface area (Å²) in [4.78, 5) is 22.6. The SMILES string of the molecule is O=C(O)CNC(=O)c1cc(Br)c(OCc2ccc(Cl)c(NCC3CC3)c2F)c(Br)c1. The van der Waals surface area contributed by atoms with Crippen molar-refractivity contribution in [2.45, 2.75) is 19.4 Å². The number of aliphatic carboxylic acids is 1. The van der Waals surface area contributed by atoms with Crippen LogP contribution in [0, 0.1) is 11.7 Å². The van der Waals surface area contributed by atoms with Gasteiger partial charge in [0.05, 0.1) is 19.7 Å². The van der Waals surface area contributed by atoms with E-state index in [9.17, 15) is 14.0 Å². The van der Waals surface area contributed by atoms with E-state index < -0.39 is 24.2 Å². The third kappa shape index (κ3) is 5.86. The molecular formula is C20H18Br2ClFN2O4. The first-order chi connectivity index (χ1) is 14.3. The number of anilines is 1. The second-order valence-electron chi connectivity index (χ2n) is 6.85. The Morgan fingerprint density at radius 2 is 1.90 bits per heavy atom. The topological polar surface area (TPSA) is 87.7 Å². The molecule has 1 aliphatic carbocycles. The van der Waals surface area contributed by atoms with Crippen LogP contribution in [0.1, 0.15) is 28.8 Å². The first kappa shape index (κ1) is 22.8. The fraction of sp³-hybridized carbons (Fsp3) is 0.300. The monoisotopic (exact) mass is 562 g/mol. The van der Waals surface area contributed by atoms with E-state index in [1.807, 2.05) is 0 Å². The number of carboxylic acid groups (broad SMARTS) is 1. The van der Waals surface area contributed by atoms with Gasteiger partial charge in [-0.2, -0.15) is 0 Å². The summed E-state index contributed by atoms with van der Waals surface area (Å²) in [5.74, 6) is -1.19. The van der Waals surface area contributed by atoms with E-state index in [1.165, 1.54) is 12.1 Å². The lowest BCUT2D eigenvalue weighted by molar-refractivity contribution is -0.135. The van der Waals surface area contributed by atoms with Crippen molar-refractivity contribution in [2.24, 2.45) is 5.92 Å². The van der Waals surface area contributed by atoms with E-state index in [1.54, 1.807) is 12.1 Å². The Balaban J connectivity index is 1.71. The number of carbonyl (C=O) groups excluding carboxylic acids is 1. The number of ether oxygens (including phenoxy) is 1. The average molecular weight is 565 g/mol. The Morgan fingerprint density at radius 1 is 1.23 bits per heavy atom. The van der Waals surface area contributed by atoms with Gasteiger partial charge in [0.15, 0.2) is 5.82 Å². The molecule has 0 bridgehead atoms. The summed E-state index contributed by atoms with van der Waals surface area (Å²) < 4.78 is 21.6. The minimum absolute atomic E-state index is 0.0527. The fourth-order valence-corrected chi connectivity index (χ4v) is 4.30. The molecule has 0 unspecified atom stereocenters. The molecule has 3 rings (SSSR count). The van der Waals surface area contributed by atoms with Crippen LogP contribution in [0.3, 0.4) is 0 Å². The molecular weight excluding hydrogens is 546 g/mol. The molecule has 1 fully saturated rings. The van der Waals surface area contributed by atoms with Crippen LogP contribution in [0.15, 0.2) is 33.2 Å². The second kappa shape index (κ2) is 9.98. The number of halogens is 4. The summed E-state index contributed by atoms with van der Waals surface area (Å²) in [5.41, 5.74) is 0.847. The van der Waals surface area contributed by atoms with Crippen LogP contribution in [-0.4, -0.2) is 30.1 Å². The molecule has 0 spiro atoms. The van der Waals surface area contributed by atoms with Crippen LogP contribution in [0.25, 0.3) is 0 Å². The Bertz CT molecular complexity index is 963.